The first-order valence-corrected chi connectivity index (χ1v) is 8.51. The van der Waals surface area contributed by atoms with Crippen molar-refractivity contribution in [2.24, 2.45) is 0 Å². The number of rotatable bonds is 7. The van der Waals surface area contributed by atoms with Gasteiger partial charge in [0.2, 0.25) is 0 Å². The number of sulfone groups is 1. The molecule has 4 nitrogen and oxygen atoms in total. The van der Waals surface area contributed by atoms with E-state index in [1.165, 1.54) is 13.0 Å². The van der Waals surface area contributed by atoms with Crippen LogP contribution in [-0.4, -0.2) is 37.6 Å². The van der Waals surface area contributed by atoms with Gasteiger partial charge in [-0.05, 0) is 19.9 Å². The van der Waals surface area contributed by atoms with Gasteiger partial charge in [-0.3, -0.25) is 0 Å². The first-order chi connectivity index (χ1) is 9.57. The minimum absolute atomic E-state index is 0.0399. The smallest absolute Gasteiger partial charge is 0.151 e. The number of hydrogen-bond acceptors (Lipinski definition) is 4. The van der Waals surface area contributed by atoms with Gasteiger partial charge in [0.15, 0.2) is 9.84 Å². The first-order valence-electron chi connectivity index (χ1n) is 6.69. The van der Waals surface area contributed by atoms with Crippen LogP contribution in [0.25, 0.3) is 0 Å². The number of nitrogens with one attached hydrogen (secondary N) is 1. The van der Waals surface area contributed by atoms with E-state index in [1.807, 2.05) is 0 Å². The molecule has 1 aromatic rings. The molecular formula is C14H21F2NO3S. The second-order valence-electron chi connectivity index (χ2n) is 5.38. The van der Waals surface area contributed by atoms with Gasteiger partial charge in [0.25, 0.3) is 0 Å². The van der Waals surface area contributed by atoms with E-state index in [-0.39, 0.29) is 29.7 Å². The van der Waals surface area contributed by atoms with Crippen LogP contribution < -0.4 is 5.32 Å². The molecule has 0 fully saturated rings. The van der Waals surface area contributed by atoms with Crippen molar-refractivity contribution in [2.75, 3.05) is 18.1 Å². The van der Waals surface area contributed by atoms with E-state index < -0.39 is 27.1 Å². The molecule has 0 aliphatic heterocycles. The molecule has 0 aliphatic carbocycles. The zero-order valence-corrected chi connectivity index (χ0v) is 13.2. The molecular weight excluding hydrogens is 300 g/mol. The van der Waals surface area contributed by atoms with Crippen molar-refractivity contribution >= 4 is 9.84 Å². The fourth-order valence-corrected chi connectivity index (χ4v) is 3.07. The molecule has 2 atom stereocenters. The van der Waals surface area contributed by atoms with Crippen LogP contribution in [0.2, 0.25) is 0 Å². The SMILES string of the molecule is CCS(=O)(=O)CC(C)NCC(C)(O)c1ccc(F)cc1F. The molecule has 0 aliphatic rings. The third-order valence-corrected chi connectivity index (χ3v) is 5.14. The number of aliphatic hydroxyl groups is 1. The normalized spacial score (nSPS) is 16.5. The van der Waals surface area contributed by atoms with E-state index >= 15 is 0 Å². The van der Waals surface area contributed by atoms with Gasteiger partial charge in [0, 0.05) is 30.0 Å². The fourth-order valence-electron chi connectivity index (χ4n) is 1.95. The number of halogens is 2. The van der Waals surface area contributed by atoms with Crippen molar-refractivity contribution in [2.45, 2.75) is 32.4 Å². The van der Waals surface area contributed by atoms with E-state index in [9.17, 15) is 22.3 Å². The van der Waals surface area contributed by atoms with Crippen LogP contribution in [0.1, 0.15) is 26.3 Å². The quantitative estimate of drug-likeness (QED) is 0.800. The standard InChI is InChI=1S/C14H21F2NO3S/c1-4-21(19,20)8-10(2)17-9-14(3,18)12-6-5-11(15)7-13(12)16/h5-7,10,17-18H,4,8-9H2,1-3H3. The van der Waals surface area contributed by atoms with Gasteiger partial charge in [0.05, 0.1) is 5.75 Å². The molecule has 2 unspecified atom stereocenters. The maximum absolute atomic E-state index is 13.7. The summed E-state index contributed by atoms with van der Waals surface area (Å²) in [5.74, 6) is -1.58. The summed E-state index contributed by atoms with van der Waals surface area (Å²) in [5.41, 5.74) is -1.61. The van der Waals surface area contributed by atoms with Gasteiger partial charge in [-0.2, -0.15) is 0 Å². The van der Waals surface area contributed by atoms with Crippen LogP contribution >= 0.6 is 0 Å². The van der Waals surface area contributed by atoms with E-state index in [1.54, 1.807) is 13.8 Å². The highest BCUT2D eigenvalue weighted by molar-refractivity contribution is 7.91. The predicted octanol–water partition coefficient (Wildman–Crippen LogP) is 1.59. The lowest BCUT2D eigenvalue weighted by atomic mass is 9.95. The predicted molar refractivity (Wildman–Crippen MR) is 77.7 cm³/mol. The Kier molecular flexibility index (Phi) is 5.83. The Bertz CT molecular complexity index is 588. The summed E-state index contributed by atoms with van der Waals surface area (Å²) in [6.45, 7) is 4.57. The van der Waals surface area contributed by atoms with Crippen molar-refractivity contribution in [1.29, 1.82) is 0 Å². The minimum Gasteiger partial charge on any atom is -0.384 e. The lowest BCUT2D eigenvalue weighted by Gasteiger charge is -2.27. The van der Waals surface area contributed by atoms with Gasteiger partial charge in [0.1, 0.15) is 17.2 Å². The zero-order chi connectivity index (χ0) is 16.3. The molecule has 2 N–H and O–H groups in total. The van der Waals surface area contributed by atoms with Gasteiger partial charge >= 0.3 is 0 Å². The highest BCUT2D eigenvalue weighted by Gasteiger charge is 2.27. The van der Waals surface area contributed by atoms with E-state index in [0.717, 1.165) is 6.07 Å². The maximum Gasteiger partial charge on any atom is 0.151 e. The molecule has 0 amide bonds. The van der Waals surface area contributed by atoms with Crippen molar-refractivity contribution in [3.63, 3.8) is 0 Å². The average molecular weight is 321 g/mol. The van der Waals surface area contributed by atoms with Gasteiger partial charge in [-0.15, -0.1) is 0 Å². The summed E-state index contributed by atoms with van der Waals surface area (Å²) in [6.07, 6.45) is 0. The Morgan fingerprint density at radius 1 is 1.38 bits per heavy atom. The van der Waals surface area contributed by atoms with Crippen molar-refractivity contribution in [1.82, 2.24) is 5.32 Å². The molecule has 0 saturated carbocycles. The minimum atomic E-state index is -3.13. The third kappa shape index (κ3) is 5.33. The molecule has 0 bridgehead atoms. The molecule has 21 heavy (non-hydrogen) atoms. The van der Waals surface area contributed by atoms with Crippen molar-refractivity contribution in [3.05, 3.63) is 35.4 Å². The average Bonchev–Trinajstić information content (AvgIpc) is 2.35. The van der Waals surface area contributed by atoms with Crippen LogP contribution in [0.3, 0.4) is 0 Å². The zero-order valence-electron chi connectivity index (χ0n) is 12.4. The van der Waals surface area contributed by atoms with E-state index in [2.05, 4.69) is 5.32 Å². The summed E-state index contributed by atoms with van der Waals surface area (Å²) in [5, 5.41) is 13.2. The molecule has 120 valence electrons. The molecule has 0 radical (unpaired) electrons. The molecule has 0 aromatic heterocycles. The second-order valence-corrected chi connectivity index (χ2v) is 7.78. The largest absolute Gasteiger partial charge is 0.384 e. The van der Waals surface area contributed by atoms with Crippen LogP contribution in [0.4, 0.5) is 8.78 Å². The Hall–Kier alpha value is -1.05. The van der Waals surface area contributed by atoms with Gasteiger partial charge in [-0.25, -0.2) is 17.2 Å². The number of benzene rings is 1. The Balaban J connectivity index is 2.72. The summed E-state index contributed by atoms with van der Waals surface area (Å²) in [4.78, 5) is 0. The van der Waals surface area contributed by atoms with E-state index in [0.29, 0.717) is 6.07 Å². The van der Waals surface area contributed by atoms with Gasteiger partial charge in [-0.1, -0.05) is 13.0 Å². The lowest BCUT2D eigenvalue weighted by Crippen LogP contribution is -2.43. The van der Waals surface area contributed by atoms with Gasteiger partial charge < -0.3 is 10.4 Å². The van der Waals surface area contributed by atoms with Crippen LogP contribution in [0, 0.1) is 11.6 Å². The molecule has 7 heteroatoms. The summed E-state index contributed by atoms with van der Waals surface area (Å²) < 4.78 is 49.5. The molecule has 0 heterocycles. The van der Waals surface area contributed by atoms with Crippen LogP contribution in [0.15, 0.2) is 18.2 Å². The second kappa shape index (κ2) is 6.81. The van der Waals surface area contributed by atoms with E-state index in [4.69, 9.17) is 0 Å². The van der Waals surface area contributed by atoms with Crippen LogP contribution in [0.5, 0.6) is 0 Å². The topological polar surface area (TPSA) is 66.4 Å². The first kappa shape index (κ1) is 18.0. The third-order valence-electron chi connectivity index (χ3n) is 3.25. The van der Waals surface area contributed by atoms with Crippen molar-refractivity contribution < 1.29 is 22.3 Å². The van der Waals surface area contributed by atoms with Crippen molar-refractivity contribution in [3.8, 4) is 0 Å². The fraction of sp³-hybridized carbons (Fsp3) is 0.571. The van der Waals surface area contributed by atoms with Crippen LogP contribution in [-0.2, 0) is 15.4 Å². The summed E-state index contributed by atoms with van der Waals surface area (Å²) >= 11 is 0. The lowest BCUT2D eigenvalue weighted by molar-refractivity contribution is 0.0512. The Morgan fingerprint density at radius 2 is 2.00 bits per heavy atom. The monoisotopic (exact) mass is 321 g/mol. The Morgan fingerprint density at radius 3 is 2.52 bits per heavy atom. The summed E-state index contributed by atoms with van der Waals surface area (Å²) in [6, 6.07) is 2.57. The number of hydrogen-bond donors (Lipinski definition) is 2. The maximum atomic E-state index is 13.7. The highest BCUT2D eigenvalue weighted by Crippen LogP contribution is 2.23. The highest BCUT2D eigenvalue weighted by atomic mass is 32.2. The molecule has 1 rings (SSSR count). The Labute approximate surface area is 124 Å². The summed E-state index contributed by atoms with van der Waals surface area (Å²) in [7, 11) is -3.13. The molecule has 0 spiro atoms. The molecule has 1 aromatic carbocycles. The molecule has 0 saturated heterocycles.